The molecule has 3 rings (SSSR count). The van der Waals surface area contributed by atoms with Gasteiger partial charge >= 0.3 is 0 Å². The van der Waals surface area contributed by atoms with Gasteiger partial charge in [0.05, 0.1) is 5.41 Å². The lowest BCUT2D eigenvalue weighted by molar-refractivity contribution is -0.123. The molecule has 2 aromatic carbocycles. The van der Waals surface area contributed by atoms with Crippen LogP contribution in [0.1, 0.15) is 61.1 Å². The molecule has 1 unspecified atom stereocenters. The predicted molar refractivity (Wildman–Crippen MR) is 108 cm³/mol. The lowest BCUT2D eigenvalue weighted by atomic mass is 9.66. The molecule has 0 spiro atoms. The van der Waals surface area contributed by atoms with Crippen molar-refractivity contribution >= 4 is 5.78 Å². The molecule has 2 aromatic rings. The molecule has 0 aliphatic carbocycles. The summed E-state index contributed by atoms with van der Waals surface area (Å²) in [6, 6.07) is 19.6. The number of likely N-dealkylation sites (tertiary alicyclic amines) is 1. The van der Waals surface area contributed by atoms with Crippen molar-refractivity contribution in [2.75, 3.05) is 13.1 Å². The number of hydrogen-bond donors (Lipinski definition) is 0. The highest BCUT2D eigenvalue weighted by molar-refractivity contribution is 5.93. The second kappa shape index (κ2) is 8.64. The Hall–Kier alpha value is -1.93. The lowest BCUT2D eigenvalue weighted by Gasteiger charge is -2.40. The molecule has 138 valence electrons. The second-order valence-corrected chi connectivity index (χ2v) is 7.39. The molecule has 2 heteroatoms. The number of Topliss-reactive ketones (excluding diaryl/α,β-unsaturated/α-hetero) is 1. The highest BCUT2D eigenvalue weighted by atomic mass is 16.1. The maximum Gasteiger partial charge on any atom is 0.147 e. The van der Waals surface area contributed by atoms with Gasteiger partial charge in [-0.15, -0.1) is 0 Å². The first-order valence-electron chi connectivity index (χ1n) is 11.2. The first-order valence-corrected chi connectivity index (χ1v) is 9.71. The van der Waals surface area contributed by atoms with Gasteiger partial charge in [0.1, 0.15) is 5.78 Å². The first kappa shape index (κ1) is 15.2. The zero-order chi connectivity index (χ0) is 20.9. The maximum atomic E-state index is 13.7. The Morgan fingerprint density at radius 1 is 1.00 bits per heavy atom. The summed E-state index contributed by atoms with van der Waals surface area (Å²) in [5, 5.41) is 0. The Labute approximate surface area is 162 Å². The molecule has 2 nitrogen and oxygen atoms in total. The monoisotopic (exact) mass is 352 g/mol. The third-order valence-electron chi connectivity index (χ3n) is 5.79. The van der Waals surface area contributed by atoms with Crippen molar-refractivity contribution in [2.45, 2.75) is 57.3 Å². The van der Waals surface area contributed by atoms with Gasteiger partial charge < -0.3 is 4.90 Å². The van der Waals surface area contributed by atoms with Crippen molar-refractivity contribution in [3.63, 3.8) is 0 Å². The van der Waals surface area contributed by atoms with Gasteiger partial charge in [0, 0.05) is 16.6 Å². The summed E-state index contributed by atoms with van der Waals surface area (Å²) in [7, 11) is 0. The number of nitrogens with zero attached hydrogens (tertiary/aromatic N) is 1. The highest BCUT2D eigenvalue weighted by Gasteiger charge is 2.42. The molecule has 0 radical (unpaired) electrons. The molecule has 1 atom stereocenters. The van der Waals surface area contributed by atoms with E-state index in [0.29, 0.717) is 6.42 Å². The molecule has 0 N–H and O–H groups in total. The van der Waals surface area contributed by atoms with Crippen LogP contribution in [-0.4, -0.2) is 29.8 Å². The van der Waals surface area contributed by atoms with Crippen LogP contribution in [0.15, 0.2) is 60.7 Å². The van der Waals surface area contributed by atoms with Gasteiger partial charge in [-0.2, -0.15) is 0 Å². The number of benzene rings is 2. The van der Waals surface area contributed by atoms with E-state index in [9.17, 15) is 4.79 Å². The largest absolute Gasteiger partial charge is 0.301 e. The van der Waals surface area contributed by atoms with E-state index in [0.717, 1.165) is 24.2 Å². The van der Waals surface area contributed by atoms with Crippen molar-refractivity contribution in [1.82, 2.24) is 4.90 Å². The van der Waals surface area contributed by atoms with Crippen molar-refractivity contribution in [3.8, 4) is 0 Å². The third kappa shape index (κ3) is 3.76. The topological polar surface area (TPSA) is 20.3 Å². The number of carbonyl (C=O) groups is 1. The molecule has 0 saturated carbocycles. The molecular formula is C24H31NO. The van der Waals surface area contributed by atoms with Crippen molar-refractivity contribution in [3.05, 3.63) is 71.8 Å². The van der Waals surface area contributed by atoms with E-state index in [-0.39, 0.29) is 11.8 Å². The van der Waals surface area contributed by atoms with Crippen LogP contribution in [0, 0.1) is 0 Å². The number of rotatable bonds is 7. The fourth-order valence-electron chi connectivity index (χ4n) is 4.37. The van der Waals surface area contributed by atoms with Crippen LogP contribution < -0.4 is 0 Å². The van der Waals surface area contributed by atoms with Crippen LogP contribution in [0.3, 0.4) is 0 Å². The fourth-order valence-corrected chi connectivity index (χ4v) is 4.37. The number of piperidine rings is 1. The van der Waals surface area contributed by atoms with Gasteiger partial charge in [0.25, 0.3) is 0 Å². The summed E-state index contributed by atoms with van der Waals surface area (Å²) >= 11 is 0. The van der Waals surface area contributed by atoms with Crippen LogP contribution in [0.5, 0.6) is 0 Å². The van der Waals surface area contributed by atoms with E-state index in [1.807, 2.05) is 60.7 Å². The molecule has 1 aliphatic heterocycles. The summed E-state index contributed by atoms with van der Waals surface area (Å²) in [6.45, 7) is 1.96. The van der Waals surface area contributed by atoms with Gasteiger partial charge in [-0.1, -0.05) is 73.9 Å². The number of carbonyl (C=O) groups excluding carboxylic acids is 1. The molecule has 1 heterocycles. The predicted octanol–water partition coefficient (Wildman–Crippen LogP) is 5.22. The molecule has 1 saturated heterocycles. The van der Waals surface area contributed by atoms with Gasteiger partial charge in [-0.05, 0) is 50.4 Å². The van der Waals surface area contributed by atoms with Crippen LogP contribution in [0.4, 0.5) is 0 Å². The normalized spacial score (nSPS) is 19.2. The van der Waals surface area contributed by atoms with Gasteiger partial charge in [-0.3, -0.25) is 4.79 Å². The van der Waals surface area contributed by atoms with Crippen molar-refractivity contribution in [2.24, 2.45) is 0 Å². The van der Waals surface area contributed by atoms with E-state index >= 15 is 0 Å². The molecule has 0 amide bonds. The molecule has 0 aromatic heterocycles. The summed E-state index contributed by atoms with van der Waals surface area (Å²) in [5.41, 5.74) is 0.793. The summed E-state index contributed by atoms with van der Waals surface area (Å²) in [6.07, 6.45) is 3.76. The van der Waals surface area contributed by atoms with Gasteiger partial charge in [0.15, 0.2) is 0 Å². The zero-order valence-electron chi connectivity index (χ0n) is 18.7. The van der Waals surface area contributed by atoms with Crippen molar-refractivity contribution in [1.29, 1.82) is 0 Å². The Kier molecular flexibility index (Phi) is 5.04. The Balaban J connectivity index is 2.10. The number of ketones is 1. The molecule has 1 aliphatic rings. The molecule has 0 bridgehead atoms. The zero-order valence-corrected chi connectivity index (χ0v) is 15.7. The van der Waals surface area contributed by atoms with E-state index in [1.165, 1.54) is 19.3 Å². The van der Waals surface area contributed by atoms with E-state index < -0.39 is 18.7 Å². The first-order chi connectivity index (χ1) is 13.8. The number of hydrogen-bond acceptors (Lipinski definition) is 2. The smallest absolute Gasteiger partial charge is 0.147 e. The Bertz CT molecular complexity index is 743. The summed E-state index contributed by atoms with van der Waals surface area (Å²) in [4.78, 5) is 16.2. The Morgan fingerprint density at radius 3 is 2.04 bits per heavy atom. The Morgan fingerprint density at radius 2 is 1.54 bits per heavy atom. The van der Waals surface area contributed by atoms with Crippen LogP contribution >= 0.6 is 0 Å². The molecule has 1 fully saturated rings. The van der Waals surface area contributed by atoms with E-state index in [2.05, 4.69) is 11.8 Å². The average Bonchev–Trinajstić information content (AvgIpc) is 2.72. The van der Waals surface area contributed by atoms with Gasteiger partial charge in [0.2, 0.25) is 0 Å². The van der Waals surface area contributed by atoms with Crippen LogP contribution in [-0.2, 0) is 10.2 Å². The lowest BCUT2D eigenvalue weighted by Crippen LogP contribution is -2.46. The quantitative estimate of drug-likeness (QED) is 0.681. The molecular weight excluding hydrogens is 318 g/mol. The standard InChI is InChI=1S/C24H31NO/c1-3-23(26)24(21-13-7-4-8-14-21,22-15-9-5-10-16-22)19-20(2)25-17-11-6-12-18-25/h4-5,7-10,13-16,20H,3,6,11-12,17-19H2,1-2H3/i1D3. The van der Waals surface area contributed by atoms with Crippen LogP contribution in [0.25, 0.3) is 0 Å². The van der Waals surface area contributed by atoms with Gasteiger partial charge in [-0.25, -0.2) is 0 Å². The fraction of sp³-hybridized carbons (Fsp3) is 0.458. The maximum absolute atomic E-state index is 13.7. The van der Waals surface area contributed by atoms with E-state index in [1.54, 1.807) is 0 Å². The SMILES string of the molecule is [2H]C([2H])([2H])CC(=O)C(CC(C)N1CCCCC1)(c1ccccc1)c1ccccc1. The van der Waals surface area contributed by atoms with E-state index in [4.69, 9.17) is 4.11 Å². The highest BCUT2D eigenvalue weighted by Crippen LogP contribution is 2.40. The average molecular weight is 353 g/mol. The molecule has 26 heavy (non-hydrogen) atoms. The minimum Gasteiger partial charge on any atom is -0.301 e. The third-order valence-corrected chi connectivity index (χ3v) is 5.79. The second-order valence-electron chi connectivity index (χ2n) is 7.39. The minimum absolute atomic E-state index is 0.177. The summed E-state index contributed by atoms with van der Waals surface area (Å²) in [5.74, 6) is -0.223. The van der Waals surface area contributed by atoms with Crippen LogP contribution in [0.2, 0.25) is 0 Å². The minimum atomic E-state index is -2.29. The van der Waals surface area contributed by atoms with Crippen molar-refractivity contribution < 1.29 is 8.91 Å². The summed E-state index contributed by atoms with van der Waals surface area (Å²) < 4.78 is 23.2.